The van der Waals surface area contributed by atoms with Gasteiger partial charge in [0, 0.05) is 41.1 Å². The SMILES string of the molecule is Nc1cc(F)c(N2CCS(=O)CC2)c(F)c1. The lowest BCUT2D eigenvalue weighted by Gasteiger charge is -2.29. The van der Waals surface area contributed by atoms with Gasteiger partial charge in [0.15, 0.2) is 11.6 Å². The number of hydrogen-bond donors (Lipinski definition) is 1. The fourth-order valence-corrected chi connectivity index (χ4v) is 2.80. The van der Waals surface area contributed by atoms with Gasteiger partial charge in [-0.2, -0.15) is 0 Å². The van der Waals surface area contributed by atoms with Gasteiger partial charge in [0.1, 0.15) is 5.69 Å². The molecule has 0 saturated carbocycles. The van der Waals surface area contributed by atoms with Crippen molar-refractivity contribution in [2.45, 2.75) is 0 Å². The zero-order valence-corrected chi connectivity index (χ0v) is 9.40. The topological polar surface area (TPSA) is 46.3 Å². The van der Waals surface area contributed by atoms with Crippen LogP contribution in [0.3, 0.4) is 0 Å². The summed E-state index contributed by atoms with van der Waals surface area (Å²) in [5.74, 6) is -0.428. The highest BCUT2D eigenvalue weighted by atomic mass is 32.2. The van der Waals surface area contributed by atoms with E-state index in [-0.39, 0.29) is 11.4 Å². The molecule has 1 aliphatic rings. The van der Waals surface area contributed by atoms with Crippen LogP contribution in [-0.4, -0.2) is 28.8 Å². The second kappa shape index (κ2) is 4.37. The molecule has 0 aliphatic carbocycles. The van der Waals surface area contributed by atoms with Gasteiger partial charge in [-0.05, 0) is 12.1 Å². The van der Waals surface area contributed by atoms with Gasteiger partial charge in [-0.15, -0.1) is 0 Å². The monoisotopic (exact) mass is 246 g/mol. The van der Waals surface area contributed by atoms with Gasteiger partial charge in [0.2, 0.25) is 0 Å². The van der Waals surface area contributed by atoms with E-state index in [0.29, 0.717) is 24.6 Å². The molecular formula is C10H12F2N2OS. The zero-order valence-electron chi connectivity index (χ0n) is 8.58. The highest BCUT2D eigenvalue weighted by Gasteiger charge is 2.21. The molecule has 1 aliphatic heterocycles. The average molecular weight is 246 g/mol. The average Bonchev–Trinajstić information content (AvgIpc) is 2.19. The van der Waals surface area contributed by atoms with Crippen LogP contribution in [0.2, 0.25) is 0 Å². The third kappa shape index (κ3) is 2.16. The molecule has 1 fully saturated rings. The second-order valence-corrected chi connectivity index (χ2v) is 5.36. The Hall–Kier alpha value is -1.17. The summed E-state index contributed by atoms with van der Waals surface area (Å²) in [7, 11) is -0.864. The van der Waals surface area contributed by atoms with Crippen molar-refractivity contribution in [3.8, 4) is 0 Å². The second-order valence-electron chi connectivity index (χ2n) is 3.67. The highest BCUT2D eigenvalue weighted by molar-refractivity contribution is 7.85. The molecule has 0 amide bonds. The first-order chi connectivity index (χ1) is 7.58. The summed E-state index contributed by atoms with van der Waals surface area (Å²) in [6.45, 7) is 0.814. The summed E-state index contributed by atoms with van der Waals surface area (Å²) >= 11 is 0. The van der Waals surface area contributed by atoms with E-state index in [9.17, 15) is 13.0 Å². The lowest BCUT2D eigenvalue weighted by molar-refractivity contribution is 0.573. The Morgan fingerprint density at radius 1 is 1.19 bits per heavy atom. The predicted molar refractivity (Wildman–Crippen MR) is 60.9 cm³/mol. The number of anilines is 2. The van der Waals surface area contributed by atoms with E-state index < -0.39 is 22.4 Å². The zero-order chi connectivity index (χ0) is 11.7. The summed E-state index contributed by atoms with van der Waals surface area (Å²) < 4.78 is 38.3. The maximum absolute atomic E-state index is 13.6. The molecule has 1 heterocycles. The van der Waals surface area contributed by atoms with E-state index in [4.69, 9.17) is 5.73 Å². The van der Waals surface area contributed by atoms with Crippen LogP contribution < -0.4 is 10.6 Å². The van der Waals surface area contributed by atoms with Gasteiger partial charge in [-0.25, -0.2) is 8.78 Å². The first-order valence-electron chi connectivity index (χ1n) is 4.92. The molecule has 0 spiro atoms. The summed E-state index contributed by atoms with van der Waals surface area (Å²) in [5.41, 5.74) is 5.34. The van der Waals surface area contributed by atoms with Crippen molar-refractivity contribution in [1.82, 2.24) is 0 Å². The van der Waals surface area contributed by atoms with Crippen LogP contribution in [0, 0.1) is 11.6 Å². The molecule has 1 saturated heterocycles. The normalized spacial score (nSPS) is 17.8. The lowest BCUT2D eigenvalue weighted by Crippen LogP contribution is -2.38. The third-order valence-corrected chi connectivity index (χ3v) is 3.81. The number of hydrogen-bond acceptors (Lipinski definition) is 3. The molecule has 1 aromatic rings. The van der Waals surface area contributed by atoms with Crippen LogP contribution >= 0.6 is 0 Å². The van der Waals surface area contributed by atoms with Crippen LogP contribution in [0.1, 0.15) is 0 Å². The molecule has 0 unspecified atom stereocenters. The number of benzene rings is 1. The van der Waals surface area contributed by atoms with Gasteiger partial charge < -0.3 is 10.6 Å². The number of rotatable bonds is 1. The van der Waals surface area contributed by atoms with Gasteiger partial charge in [0.05, 0.1) is 0 Å². The van der Waals surface area contributed by atoms with Gasteiger partial charge >= 0.3 is 0 Å². The Bertz CT molecular complexity index is 406. The minimum absolute atomic E-state index is 0.0640. The van der Waals surface area contributed by atoms with Crippen LogP contribution in [0.25, 0.3) is 0 Å². The first-order valence-corrected chi connectivity index (χ1v) is 6.41. The molecule has 3 nitrogen and oxygen atoms in total. The van der Waals surface area contributed by atoms with Crippen molar-refractivity contribution in [1.29, 1.82) is 0 Å². The predicted octanol–water partition coefficient (Wildman–Crippen LogP) is 1.12. The van der Waals surface area contributed by atoms with Crippen LogP contribution in [0.5, 0.6) is 0 Å². The summed E-state index contributed by atoms with van der Waals surface area (Å²) in [6.07, 6.45) is 0. The number of nitrogen functional groups attached to an aromatic ring is 1. The molecule has 1 aromatic carbocycles. The van der Waals surface area contributed by atoms with Crippen molar-refractivity contribution in [2.75, 3.05) is 35.2 Å². The summed E-state index contributed by atoms with van der Waals surface area (Å²) in [5, 5.41) is 0. The Morgan fingerprint density at radius 2 is 1.69 bits per heavy atom. The number of nitrogens with two attached hydrogens (primary N) is 1. The molecule has 88 valence electrons. The molecule has 0 bridgehead atoms. The highest BCUT2D eigenvalue weighted by Crippen LogP contribution is 2.26. The van der Waals surface area contributed by atoms with Gasteiger partial charge in [0.25, 0.3) is 0 Å². The van der Waals surface area contributed by atoms with E-state index in [1.807, 2.05) is 0 Å². The summed E-state index contributed by atoms with van der Waals surface area (Å²) in [4.78, 5) is 1.57. The maximum Gasteiger partial charge on any atom is 0.151 e. The Balaban J connectivity index is 2.30. The van der Waals surface area contributed by atoms with E-state index >= 15 is 0 Å². The third-order valence-electron chi connectivity index (χ3n) is 2.53. The van der Waals surface area contributed by atoms with Crippen molar-refractivity contribution in [3.05, 3.63) is 23.8 Å². The minimum Gasteiger partial charge on any atom is -0.399 e. The van der Waals surface area contributed by atoms with Crippen molar-refractivity contribution in [2.24, 2.45) is 0 Å². The van der Waals surface area contributed by atoms with Crippen molar-refractivity contribution >= 4 is 22.2 Å². The lowest BCUT2D eigenvalue weighted by atomic mass is 10.2. The molecule has 0 radical (unpaired) electrons. The quantitative estimate of drug-likeness (QED) is 0.755. The molecular weight excluding hydrogens is 234 g/mol. The van der Waals surface area contributed by atoms with Gasteiger partial charge in [-0.1, -0.05) is 0 Å². The van der Waals surface area contributed by atoms with Crippen LogP contribution in [-0.2, 0) is 10.8 Å². The van der Waals surface area contributed by atoms with E-state index in [1.54, 1.807) is 4.90 Å². The first kappa shape index (κ1) is 11.3. The Kier molecular flexibility index (Phi) is 3.09. The largest absolute Gasteiger partial charge is 0.399 e. The van der Waals surface area contributed by atoms with Gasteiger partial charge in [-0.3, -0.25) is 4.21 Å². The fraction of sp³-hybridized carbons (Fsp3) is 0.400. The smallest absolute Gasteiger partial charge is 0.151 e. The number of nitrogens with zero attached hydrogens (tertiary/aromatic N) is 1. The van der Waals surface area contributed by atoms with E-state index in [2.05, 4.69) is 0 Å². The van der Waals surface area contributed by atoms with E-state index in [0.717, 1.165) is 12.1 Å². The molecule has 16 heavy (non-hydrogen) atoms. The maximum atomic E-state index is 13.6. The Morgan fingerprint density at radius 3 is 2.19 bits per heavy atom. The van der Waals surface area contributed by atoms with Crippen molar-refractivity contribution < 1.29 is 13.0 Å². The molecule has 0 aromatic heterocycles. The summed E-state index contributed by atoms with van der Waals surface area (Å²) in [6, 6.07) is 2.20. The standard InChI is InChI=1S/C10H12F2N2OS/c11-8-5-7(13)6-9(12)10(8)14-1-3-16(15)4-2-14/h5-6H,1-4,13H2. The van der Waals surface area contributed by atoms with Crippen molar-refractivity contribution in [3.63, 3.8) is 0 Å². The fourth-order valence-electron chi connectivity index (χ4n) is 1.75. The van der Waals surface area contributed by atoms with Crippen LogP contribution in [0.4, 0.5) is 20.2 Å². The molecule has 2 rings (SSSR count). The number of halogens is 2. The minimum atomic E-state index is -0.864. The molecule has 2 N–H and O–H groups in total. The van der Waals surface area contributed by atoms with Crippen LogP contribution in [0.15, 0.2) is 12.1 Å². The Labute approximate surface area is 94.7 Å². The molecule has 6 heteroatoms. The molecule has 0 atom stereocenters. The van der Waals surface area contributed by atoms with E-state index in [1.165, 1.54) is 0 Å².